The summed E-state index contributed by atoms with van der Waals surface area (Å²) in [5.41, 5.74) is 5.97. The molecule has 2 nitrogen and oxygen atoms in total. The molecule has 0 bridgehead atoms. The second-order valence-corrected chi connectivity index (χ2v) is 6.74. The average molecular weight is 271 g/mol. The predicted molar refractivity (Wildman–Crippen MR) is 87.5 cm³/mol. The number of rotatable bonds is 12. The van der Waals surface area contributed by atoms with E-state index in [1.807, 2.05) is 0 Å². The molecule has 19 heavy (non-hydrogen) atoms. The van der Waals surface area contributed by atoms with Gasteiger partial charge in [0.2, 0.25) is 0 Å². The summed E-state index contributed by atoms with van der Waals surface area (Å²) in [5, 5.41) is 0. The average Bonchev–Trinajstić information content (AvgIpc) is 2.38. The molecule has 0 aromatic heterocycles. The van der Waals surface area contributed by atoms with E-state index in [9.17, 15) is 0 Å². The maximum Gasteiger partial charge on any atom is 0.0217 e. The van der Waals surface area contributed by atoms with Gasteiger partial charge in [-0.1, -0.05) is 59.8 Å². The normalized spacial score (nSPS) is 15.2. The Hall–Kier alpha value is -0.0800. The van der Waals surface area contributed by atoms with Crippen molar-refractivity contribution >= 4 is 0 Å². The van der Waals surface area contributed by atoms with Crippen LogP contribution in [-0.4, -0.2) is 31.1 Å². The fourth-order valence-corrected chi connectivity index (χ4v) is 2.63. The van der Waals surface area contributed by atoms with Crippen LogP contribution in [0.25, 0.3) is 0 Å². The summed E-state index contributed by atoms with van der Waals surface area (Å²) < 4.78 is 0. The van der Waals surface area contributed by atoms with Gasteiger partial charge in [0, 0.05) is 12.6 Å². The third-order valence-corrected chi connectivity index (χ3v) is 4.17. The molecule has 0 aliphatic carbocycles. The van der Waals surface area contributed by atoms with Gasteiger partial charge in [0.15, 0.2) is 0 Å². The Morgan fingerprint density at radius 1 is 1.00 bits per heavy atom. The van der Waals surface area contributed by atoms with Crippen LogP contribution in [0.15, 0.2) is 0 Å². The molecule has 2 unspecified atom stereocenters. The van der Waals surface area contributed by atoms with Crippen molar-refractivity contribution in [3.8, 4) is 0 Å². The Bertz CT molecular complexity index is 192. The van der Waals surface area contributed by atoms with Gasteiger partial charge in [0.1, 0.15) is 0 Å². The van der Waals surface area contributed by atoms with Crippen molar-refractivity contribution in [3.63, 3.8) is 0 Å². The van der Waals surface area contributed by atoms with Crippen LogP contribution < -0.4 is 5.73 Å². The second-order valence-electron chi connectivity index (χ2n) is 6.74. The Labute approximate surface area is 122 Å². The summed E-state index contributed by atoms with van der Waals surface area (Å²) >= 11 is 0. The van der Waals surface area contributed by atoms with Crippen molar-refractivity contribution in [2.75, 3.05) is 20.1 Å². The highest BCUT2D eigenvalue weighted by Gasteiger charge is 2.16. The molecule has 0 radical (unpaired) electrons. The SMILES string of the molecule is CCCCCCN(C)C(CN)CC(C)CCC(C)C. The van der Waals surface area contributed by atoms with E-state index >= 15 is 0 Å². The molecule has 0 aromatic rings. The molecule has 0 spiro atoms. The number of nitrogens with two attached hydrogens (primary N) is 1. The molecular weight excluding hydrogens is 232 g/mol. The van der Waals surface area contributed by atoms with Crippen molar-refractivity contribution in [2.45, 2.75) is 78.7 Å². The van der Waals surface area contributed by atoms with Gasteiger partial charge in [-0.2, -0.15) is 0 Å². The van der Waals surface area contributed by atoms with Gasteiger partial charge in [-0.3, -0.25) is 0 Å². The molecule has 2 heteroatoms. The van der Waals surface area contributed by atoms with Gasteiger partial charge in [-0.25, -0.2) is 0 Å². The fourth-order valence-electron chi connectivity index (χ4n) is 2.63. The Morgan fingerprint density at radius 3 is 2.21 bits per heavy atom. The summed E-state index contributed by atoms with van der Waals surface area (Å²) in [7, 11) is 2.25. The molecule has 116 valence electrons. The molecule has 0 aliphatic rings. The first-order chi connectivity index (χ1) is 9.01. The van der Waals surface area contributed by atoms with E-state index in [2.05, 4.69) is 39.6 Å². The Morgan fingerprint density at radius 2 is 1.68 bits per heavy atom. The Balaban J connectivity index is 3.89. The van der Waals surface area contributed by atoms with Gasteiger partial charge in [-0.05, 0) is 38.3 Å². The van der Waals surface area contributed by atoms with Crippen molar-refractivity contribution < 1.29 is 0 Å². The fraction of sp³-hybridized carbons (Fsp3) is 1.00. The molecule has 0 aliphatic heterocycles. The molecule has 0 rings (SSSR count). The van der Waals surface area contributed by atoms with Crippen molar-refractivity contribution in [1.82, 2.24) is 4.90 Å². The van der Waals surface area contributed by atoms with Gasteiger partial charge in [0.25, 0.3) is 0 Å². The highest BCUT2D eigenvalue weighted by Crippen LogP contribution is 2.18. The third kappa shape index (κ3) is 10.4. The summed E-state index contributed by atoms with van der Waals surface area (Å²) in [4.78, 5) is 2.49. The summed E-state index contributed by atoms with van der Waals surface area (Å²) in [6, 6.07) is 0.573. The highest BCUT2D eigenvalue weighted by atomic mass is 15.1. The van der Waals surface area contributed by atoms with E-state index < -0.39 is 0 Å². The zero-order chi connectivity index (χ0) is 14.7. The standard InChI is InChI=1S/C17H38N2/c1-6-7-8-9-12-19(5)17(14-18)13-16(4)11-10-15(2)3/h15-17H,6-14,18H2,1-5H3. The molecular formula is C17H38N2. The topological polar surface area (TPSA) is 29.3 Å². The lowest BCUT2D eigenvalue weighted by molar-refractivity contribution is 0.204. The second kappa shape index (κ2) is 11.7. The lowest BCUT2D eigenvalue weighted by atomic mass is 9.93. The van der Waals surface area contributed by atoms with Gasteiger partial charge in [0.05, 0.1) is 0 Å². The summed E-state index contributed by atoms with van der Waals surface area (Å²) in [6.07, 6.45) is 9.31. The van der Waals surface area contributed by atoms with Crippen LogP contribution in [0, 0.1) is 11.8 Å². The molecule has 2 atom stereocenters. The van der Waals surface area contributed by atoms with Crippen molar-refractivity contribution in [1.29, 1.82) is 0 Å². The van der Waals surface area contributed by atoms with Gasteiger partial charge in [-0.15, -0.1) is 0 Å². The van der Waals surface area contributed by atoms with E-state index in [-0.39, 0.29) is 0 Å². The third-order valence-electron chi connectivity index (χ3n) is 4.17. The lowest BCUT2D eigenvalue weighted by Crippen LogP contribution is -2.39. The molecule has 0 saturated carbocycles. The van der Waals surface area contributed by atoms with E-state index in [0.717, 1.165) is 18.4 Å². The molecule has 0 saturated heterocycles. The van der Waals surface area contributed by atoms with Crippen LogP contribution in [0.3, 0.4) is 0 Å². The number of likely N-dealkylation sites (N-methyl/N-ethyl adjacent to an activating group) is 1. The summed E-state index contributed by atoms with van der Waals surface area (Å²) in [5.74, 6) is 1.62. The Kier molecular flexibility index (Phi) is 11.7. The van der Waals surface area contributed by atoms with Crippen LogP contribution in [0.4, 0.5) is 0 Å². The minimum atomic E-state index is 0.573. The molecule has 2 N–H and O–H groups in total. The first kappa shape index (κ1) is 18.9. The number of nitrogens with zero attached hydrogens (tertiary/aromatic N) is 1. The van der Waals surface area contributed by atoms with Crippen molar-refractivity contribution in [3.05, 3.63) is 0 Å². The van der Waals surface area contributed by atoms with E-state index in [0.29, 0.717) is 6.04 Å². The van der Waals surface area contributed by atoms with E-state index in [1.54, 1.807) is 0 Å². The molecule has 0 aromatic carbocycles. The minimum absolute atomic E-state index is 0.573. The minimum Gasteiger partial charge on any atom is -0.329 e. The first-order valence-electron chi connectivity index (χ1n) is 8.41. The molecule has 0 heterocycles. The maximum absolute atomic E-state index is 5.97. The quantitative estimate of drug-likeness (QED) is 0.536. The van der Waals surface area contributed by atoms with Crippen LogP contribution >= 0.6 is 0 Å². The smallest absolute Gasteiger partial charge is 0.0217 e. The summed E-state index contributed by atoms with van der Waals surface area (Å²) in [6.45, 7) is 11.3. The van der Waals surface area contributed by atoms with Gasteiger partial charge >= 0.3 is 0 Å². The predicted octanol–water partition coefficient (Wildman–Crippen LogP) is 4.29. The van der Waals surface area contributed by atoms with Crippen LogP contribution in [-0.2, 0) is 0 Å². The van der Waals surface area contributed by atoms with Crippen LogP contribution in [0.5, 0.6) is 0 Å². The lowest BCUT2D eigenvalue weighted by Gasteiger charge is -2.29. The first-order valence-corrected chi connectivity index (χ1v) is 8.41. The van der Waals surface area contributed by atoms with E-state index in [1.165, 1.54) is 51.5 Å². The molecule has 0 fully saturated rings. The highest BCUT2D eigenvalue weighted by molar-refractivity contribution is 4.73. The zero-order valence-electron chi connectivity index (χ0n) is 14.1. The number of hydrogen-bond donors (Lipinski definition) is 1. The van der Waals surface area contributed by atoms with Crippen LogP contribution in [0.1, 0.15) is 72.6 Å². The zero-order valence-corrected chi connectivity index (χ0v) is 14.1. The van der Waals surface area contributed by atoms with Gasteiger partial charge < -0.3 is 10.6 Å². The number of hydrogen-bond acceptors (Lipinski definition) is 2. The van der Waals surface area contributed by atoms with E-state index in [4.69, 9.17) is 5.73 Å². The molecule has 0 amide bonds. The maximum atomic E-state index is 5.97. The largest absolute Gasteiger partial charge is 0.329 e. The van der Waals surface area contributed by atoms with Crippen molar-refractivity contribution in [2.24, 2.45) is 17.6 Å². The van der Waals surface area contributed by atoms with Crippen LogP contribution in [0.2, 0.25) is 0 Å². The monoisotopic (exact) mass is 270 g/mol. The number of unbranched alkanes of at least 4 members (excludes halogenated alkanes) is 3.